The second kappa shape index (κ2) is 7.55. The molecule has 0 atom stereocenters. The second-order valence-electron chi connectivity index (χ2n) is 4.99. The van der Waals surface area contributed by atoms with Gasteiger partial charge in [-0.15, -0.1) is 0 Å². The van der Waals surface area contributed by atoms with Gasteiger partial charge in [-0.3, -0.25) is 4.98 Å². The van der Waals surface area contributed by atoms with Crippen molar-refractivity contribution >= 4 is 5.97 Å². The van der Waals surface area contributed by atoms with E-state index in [1.807, 2.05) is 42.7 Å². The van der Waals surface area contributed by atoms with E-state index >= 15 is 0 Å². The zero-order valence-corrected chi connectivity index (χ0v) is 12.5. The number of hydrogen-bond acceptors (Lipinski definition) is 4. The molecule has 2 aromatic rings. The van der Waals surface area contributed by atoms with Crippen LogP contribution in [0.3, 0.4) is 0 Å². The first-order valence-electron chi connectivity index (χ1n) is 6.94. The van der Waals surface area contributed by atoms with Gasteiger partial charge in [0.05, 0.1) is 12.7 Å². The van der Waals surface area contributed by atoms with Crippen LogP contribution in [0.5, 0.6) is 0 Å². The van der Waals surface area contributed by atoms with Crippen molar-refractivity contribution in [1.29, 1.82) is 0 Å². The standard InChI is InChI=1S/C17H20N2O2/c1-19(12-9-14-7-10-18-11-8-14)13-15-5-3-4-6-16(15)17(20)21-2/h3-8,10-11H,9,12-13H2,1-2H3. The van der Waals surface area contributed by atoms with E-state index in [2.05, 4.69) is 16.9 Å². The van der Waals surface area contributed by atoms with Crippen LogP contribution in [0.4, 0.5) is 0 Å². The lowest BCUT2D eigenvalue weighted by atomic mass is 10.1. The number of likely N-dealkylation sites (N-methyl/N-ethyl adjacent to an activating group) is 1. The Balaban J connectivity index is 1.96. The fraction of sp³-hybridized carbons (Fsp3) is 0.294. The third kappa shape index (κ3) is 4.39. The Morgan fingerprint density at radius 1 is 1.19 bits per heavy atom. The van der Waals surface area contributed by atoms with Crippen LogP contribution < -0.4 is 0 Å². The summed E-state index contributed by atoms with van der Waals surface area (Å²) in [5, 5.41) is 0. The molecule has 21 heavy (non-hydrogen) atoms. The van der Waals surface area contributed by atoms with Gasteiger partial charge in [-0.05, 0) is 42.8 Å². The largest absolute Gasteiger partial charge is 0.465 e. The van der Waals surface area contributed by atoms with E-state index in [1.54, 1.807) is 6.07 Å². The van der Waals surface area contributed by atoms with Crippen molar-refractivity contribution in [2.75, 3.05) is 20.7 Å². The number of ether oxygens (including phenoxy) is 1. The summed E-state index contributed by atoms with van der Waals surface area (Å²) in [4.78, 5) is 18.0. The van der Waals surface area contributed by atoms with Crippen LogP contribution >= 0.6 is 0 Å². The van der Waals surface area contributed by atoms with Gasteiger partial charge in [-0.1, -0.05) is 18.2 Å². The van der Waals surface area contributed by atoms with Crippen molar-refractivity contribution in [3.05, 3.63) is 65.5 Å². The highest BCUT2D eigenvalue weighted by molar-refractivity contribution is 5.90. The van der Waals surface area contributed by atoms with Crippen LogP contribution in [-0.2, 0) is 17.7 Å². The molecule has 0 aliphatic heterocycles. The van der Waals surface area contributed by atoms with Gasteiger partial charge in [0.2, 0.25) is 0 Å². The molecule has 0 fully saturated rings. The SMILES string of the molecule is COC(=O)c1ccccc1CN(C)CCc1ccncc1. The van der Waals surface area contributed by atoms with Crippen LogP contribution in [0.25, 0.3) is 0 Å². The summed E-state index contributed by atoms with van der Waals surface area (Å²) >= 11 is 0. The number of aromatic nitrogens is 1. The number of pyridine rings is 1. The monoisotopic (exact) mass is 284 g/mol. The van der Waals surface area contributed by atoms with E-state index in [1.165, 1.54) is 12.7 Å². The molecule has 0 spiro atoms. The van der Waals surface area contributed by atoms with Crippen molar-refractivity contribution in [2.45, 2.75) is 13.0 Å². The Kier molecular flexibility index (Phi) is 5.46. The average Bonchev–Trinajstić information content (AvgIpc) is 2.54. The van der Waals surface area contributed by atoms with Crippen molar-refractivity contribution in [3.63, 3.8) is 0 Å². The molecule has 2 rings (SSSR count). The van der Waals surface area contributed by atoms with Crippen LogP contribution in [-0.4, -0.2) is 36.6 Å². The molecule has 0 aliphatic rings. The molecule has 4 nitrogen and oxygen atoms in total. The topological polar surface area (TPSA) is 42.4 Å². The molecule has 0 N–H and O–H groups in total. The van der Waals surface area contributed by atoms with E-state index < -0.39 is 0 Å². The van der Waals surface area contributed by atoms with Gasteiger partial charge in [-0.25, -0.2) is 4.79 Å². The number of carbonyl (C=O) groups is 1. The highest BCUT2D eigenvalue weighted by Crippen LogP contribution is 2.12. The van der Waals surface area contributed by atoms with E-state index in [9.17, 15) is 4.79 Å². The lowest BCUT2D eigenvalue weighted by molar-refractivity contribution is 0.0598. The Morgan fingerprint density at radius 2 is 1.90 bits per heavy atom. The van der Waals surface area contributed by atoms with E-state index in [0.717, 1.165) is 25.1 Å². The minimum Gasteiger partial charge on any atom is -0.465 e. The van der Waals surface area contributed by atoms with Crippen LogP contribution in [0.1, 0.15) is 21.5 Å². The normalized spacial score (nSPS) is 10.6. The number of hydrogen-bond donors (Lipinski definition) is 0. The first-order chi connectivity index (χ1) is 10.2. The van der Waals surface area contributed by atoms with Crippen molar-refractivity contribution in [2.24, 2.45) is 0 Å². The minimum absolute atomic E-state index is 0.284. The fourth-order valence-electron chi connectivity index (χ4n) is 2.21. The number of rotatable bonds is 6. The molecule has 0 amide bonds. The maximum atomic E-state index is 11.7. The highest BCUT2D eigenvalue weighted by atomic mass is 16.5. The van der Waals surface area contributed by atoms with Crippen molar-refractivity contribution < 1.29 is 9.53 Å². The molecule has 0 saturated heterocycles. The first kappa shape index (κ1) is 15.2. The van der Waals surface area contributed by atoms with Gasteiger partial charge >= 0.3 is 5.97 Å². The number of carbonyl (C=O) groups excluding carboxylic acids is 1. The number of esters is 1. The molecular formula is C17H20N2O2. The van der Waals surface area contributed by atoms with E-state index in [0.29, 0.717) is 5.56 Å². The van der Waals surface area contributed by atoms with Gasteiger partial charge in [0.15, 0.2) is 0 Å². The average molecular weight is 284 g/mol. The molecule has 0 radical (unpaired) electrons. The molecular weight excluding hydrogens is 264 g/mol. The number of methoxy groups -OCH3 is 1. The van der Waals surface area contributed by atoms with Crippen molar-refractivity contribution in [1.82, 2.24) is 9.88 Å². The third-order valence-electron chi connectivity index (χ3n) is 3.39. The van der Waals surface area contributed by atoms with Gasteiger partial charge in [-0.2, -0.15) is 0 Å². The molecule has 1 aromatic carbocycles. The summed E-state index contributed by atoms with van der Waals surface area (Å²) in [6.07, 6.45) is 4.57. The summed E-state index contributed by atoms with van der Waals surface area (Å²) < 4.78 is 4.82. The molecule has 1 heterocycles. The van der Waals surface area contributed by atoms with Crippen LogP contribution in [0.15, 0.2) is 48.8 Å². The molecule has 0 saturated carbocycles. The predicted molar refractivity (Wildman–Crippen MR) is 82.1 cm³/mol. The Hall–Kier alpha value is -2.20. The Labute approximate surface area is 125 Å². The molecule has 1 aromatic heterocycles. The van der Waals surface area contributed by atoms with Gasteiger partial charge in [0, 0.05) is 25.5 Å². The zero-order chi connectivity index (χ0) is 15.1. The quantitative estimate of drug-likeness (QED) is 0.765. The van der Waals surface area contributed by atoms with Gasteiger partial charge in [0.25, 0.3) is 0 Å². The zero-order valence-electron chi connectivity index (χ0n) is 12.5. The summed E-state index contributed by atoms with van der Waals surface area (Å²) in [6, 6.07) is 11.6. The molecule has 0 bridgehead atoms. The van der Waals surface area contributed by atoms with Crippen molar-refractivity contribution in [3.8, 4) is 0 Å². The number of benzene rings is 1. The maximum Gasteiger partial charge on any atom is 0.338 e. The molecule has 0 aliphatic carbocycles. The first-order valence-corrected chi connectivity index (χ1v) is 6.94. The summed E-state index contributed by atoms with van der Waals surface area (Å²) in [5.74, 6) is -0.284. The molecule has 4 heteroatoms. The molecule has 0 unspecified atom stereocenters. The van der Waals surface area contributed by atoms with Gasteiger partial charge in [0.1, 0.15) is 0 Å². The summed E-state index contributed by atoms with van der Waals surface area (Å²) in [6.45, 7) is 1.63. The van der Waals surface area contributed by atoms with Gasteiger partial charge < -0.3 is 9.64 Å². The third-order valence-corrected chi connectivity index (χ3v) is 3.39. The summed E-state index contributed by atoms with van der Waals surface area (Å²) in [5.41, 5.74) is 2.88. The van der Waals surface area contributed by atoms with E-state index in [4.69, 9.17) is 4.74 Å². The Bertz CT molecular complexity index is 584. The molecule has 110 valence electrons. The van der Waals surface area contributed by atoms with Crippen LogP contribution in [0.2, 0.25) is 0 Å². The summed E-state index contributed by atoms with van der Waals surface area (Å²) in [7, 11) is 3.46. The van der Waals surface area contributed by atoms with Crippen LogP contribution in [0, 0.1) is 0 Å². The smallest absolute Gasteiger partial charge is 0.338 e. The highest BCUT2D eigenvalue weighted by Gasteiger charge is 2.12. The lowest BCUT2D eigenvalue weighted by Crippen LogP contribution is -2.22. The lowest BCUT2D eigenvalue weighted by Gasteiger charge is -2.18. The predicted octanol–water partition coefficient (Wildman–Crippen LogP) is 2.54. The van der Waals surface area contributed by atoms with E-state index in [-0.39, 0.29) is 5.97 Å². The second-order valence-corrected chi connectivity index (χ2v) is 4.99. The maximum absolute atomic E-state index is 11.7. The Morgan fingerprint density at radius 3 is 2.62 bits per heavy atom. The number of nitrogens with zero attached hydrogens (tertiary/aromatic N) is 2. The fourth-order valence-corrected chi connectivity index (χ4v) is 2.21. The minimum atomic E-state index is -0.284.